The molecule has 0 heterocycles. The maximum Gasteiger partial charge on any atom is 0.221 e. The van der Waals surface area contributed by atoms with Crippen LogP contribution in [0.2, 0.25) is 0 Å². The number of hydrogen-bond donors (Lipinski definition) is 3. The molecule has 16 heavy (non-hydrogen) atoms. The highest BCUT2D eigenvalue weighted by atomic mass is 32.1. The van der Waals surface area contributed by atoms with E-state index in [0.29, 0.717) is 31.2 Å². The number of thiocarbonyl (C=S) groups is 1. The smallest absolute Gasteiger partial charge is 0.221 e. The predicted octanol–water partition coefficient (Wildman–Crippen LogP) is 0.0132. The average molecular weight is 247 g/mol. The maximum absolute atomic E-state index is 11.2. The predicted molar refractivity (Wildman–Crippen MR) is 68.4 cm³/mol. The second-order valence-corrected chi connectivity index (χ2v) is 3.68. The SMILES string of the molecule is CCCNC(=S)NCCC(=O)NCCOC. The quantitative estimate of drug-likeness (QED) is 0.417. The van der Waals surface area contributed by atoms with E-state index in [2.05, 4.69) is 22.9 Å². The fraction of sp³-hybridized carbons (Fsp3) is 0.800. The summed E-state index contributed by atoms with van der Waals surface area (Å²) < 4.78 is 4.82. The van der Waals surface area contributed by atoms with Crippen molar-refractivity contribution in [2.45, 2.75) is 19.8 Å². The van der Waals surface area contributed by atoms with Gasteiger partial charge in [0.1, 0.15) is 0 Å². The number of carbonyl (C=O) groups excluding carboxylic acids is 1. The number of carbonyl (C=O) groups is 1. The third-order valence-electron chi connectivity index (χ3n) is 1.80. The topological polar surface area (TPSA) is 62.4 Å². The third-order valence-corrected chi connectivity index (χ3v) is 2.09. The van der Waals surface area contributed by atoms with Gasteiger partial charge >= 0.3 is 0 Å². The van der Waals surface area contributed by atoms with Gasteiger partial charge in [0.25, 0.3) is 0 Å². The van der Waals surface area contributed by atoms with Crippen LogP contribution in [-0.4, -0.2) is 44.4 Å². The molecule has 0 saturated carbocycles. The fourth-order valence-corrected chi connectivity index (χ4v) is 1.18. The van der Waals surface area contributed by atoms with E-state index in [1.165, 1.54) is 0 Å². The minimum absolute atomic E-state index is 0.00263. The molecule has 0 rings (SSSR count). The summed E-state index contributed by atoms with van der Waals surface area (Å²) >= 11 is 5.00. The van der Waals surface area contributed by atoms with Crippen LogP contribution in [0.1, 0.15) is 19.8 Å². The van der Waals surface area contributed by atoms with Gasteiger partial charge in [0.05, 0.1) is 6.61 Å². The van der Waals surface area contributed by atoms with Gasteiger partial charge in [-0.2, -0.15) is 0 Å². The highest BCUT2D eigenvalue weighted by Crippen LogP contribution is 1.79. The van der Waals surface area contributed by atoms with E-state index in [0.717, 1.165) is 13.0 Å². The minimum atomic E-state index is 0.00263. The van der Waals surface area contributed by atoms with Gasteiger partial charge in [0.2, 0.25) is 5.91 Å². The highest BCUT2D eigenvalue weighted by molar-refractivity contribution is 7.80. The van der Waals surface area contributed by atoms with Crippen LogP contribution >= 0.6 is 12.2 Å². The summed E-state index contributed by atoms with van der Waals surface area (Å²) in [6, 6.07) is 0. The Kier molecular flexibility index (Phi) is 10.0. The first-order valence-corrected chi connectivity index (χ1v) is 5.88. The molecule has 0 aromatic heterocycles. The van der Waals surface area contributed by atoms with Crippen molar-refractivity contribution in [3.63, 3.8) is 0 Å². The molecule has 0 aliphatic rings. The molecular weight excluding hydrogens is 226 g/mol. The molecule has 0 saturated heterocycles. The van der Waals surface area contributed by atoms with E-state index in [1.54, 1.807) is 7.11 Å². The standard InChI is InChI=1S/C10H21N3O2S/c1-3-5-12-10(16)13-6-4-9(14)11-7-8-15-2/h3-8H2,1-2H3,(H,11,14)(H2,12,13,16). The maximum atomic E-state index is 11.2. The van der Waals surface area contributed by atoms with E-state index in [1.807, 2.05) is 0 Å². The zero-order chi connectivity index (χ0) is 12.2. The minimum Gasteiger partial charge on any atom is -0.383 e. The zero-order valence-electron chi connectivity index (χ0n) is 9.97. The Labute approximate surface area is 102 Å². The Bertz CT molecular complexity index is 212. The van der Waals surface area contributed by atoms with Crippen LogP contribution in [0.5, 0.6) is 0 Å². The summed E-state index contributed by atoms with van der Waals surface area (Å²) in [7, 11) is 1.60. The third kappa shape index (κ3) is 9.67. The first kappa shape index (κ1) is 15.1. The molecule has 0 atom stereocenters. The average Bonchev–Trinajstić information content (AvgIpc) is 2.26. The molecular formula is C10H21N3O2S. The molecule has 5 nitrogen and oxygen atoms in total. The van der Waals surface area contributed by atoms with Gasteiger partial charge in [0, 0.05) is 33.2 Å². The number of ether oxygens (including phenoxy) is 1. The highest BCUT2D eigenvalue weighted by Gasteiger charge is 2.00. The molecule has 0 radical (unpaired) electrons. The molecule has 0 aliphatic carbocycles. The van der Waals surface area contributed by atoms with Crippen LogP contribution in [0.3, 0.4) is 0 Å². The molecule has 0 spiro atoms. The Hall–Kier alpha value is -0.880. The van der Waals surface area contributed by atoms with Gasteiger partial charge in [-0.05, 0) is 18.6 Å². The van der Waals surface area contributed by atoms with Crippen LogP contribution in [-0.2, 0) is 9.53 Å². The van der Waals surface area contributed by atoms with Crippen molar-refractivity contribution >= 4 is 23.2 Å². The molecule has 0 aromatic carbocycles. The van der Waals surface area contributed by atoms with Gasteiger partial charge in [-0.1, -0.05) is 6.92 Å². The molecule has 0 fully saturated rings. The van der Waals surface area contributed by atoms with E-state index < -0.39 is 0 Å². The summed E-state index contributed by atoms with van der Waals surface area (Å²) in [5.74, 6) is 0.00263. The summed E-state index contributed by atoms with van der Waals surface area (Å²) in [5.41, 5.74) is 0. The largest absolute Gasteiger partial charge is 0.383 e. The lowest BCUT2D eigenvalue weighted by molar-refractivity contribution is -0.121. The number of hydrogen-bond acceptors (Lipinski definition) is 3. The fourth-order valence-electron chi connectivity index (χ4n) is 0.971. The first-order valence-electron chi connectivity index (χ1n) is 5.48. The van der Waals surface area contributed by atoms with Crippen LogP contribution in [0.25, 0.3) is 0 Å². The number of nitrogens with one attached hydrogen (secondary N) is 3. The number of amides is 1. The van der Waals surface area contributed by atoms with Crippen molar-refractivity contribution in [3.8, 4) is 0 Å². The van der Waals surface area contributed by atoms with Crippen molar-refractivity contribution < 1.29 is 9.53 Å². The zero-order valence-corrected chi connectivity index (χ0v) is 10.8. The lowest BCUT2D eigenvalue weighted by atomic mass is 10.4. The molecule has 0 unspecified atom stereocenters. The lowest BCUT2D eigenvalue weighted by Crippen LogP contribution is -2.38. The second-order valence-electron chi connectivity index (χ2n) is 3.28. The summed E-state index contributed by atoms with van der Waals surface area (Å²) in [5, 5.41) is 9.33. The van der Waals surface area contributed by atoms with Gasteiger partial charge in [-0.15, -0.1) is 0 Å². The molecule has 3 N–H and O–H groups in total. The van der Waals surface area contributed by atoms with Crippen molar-refractivity contribution in [1.82, 2.24) is 16.0 Å². The number of rotatable bonds is 8. The lowest BCUT2D eigenvalue weighted by Gasteiger charge is -2.09. The Morgan fingerprint density at radius 3 is 2.50 bits per heavy atom. The van der Waals surface area contributed by atoms with Crippen molar-refractivity contribution in [2.24, 2.45) is 0 Å². The molecule has 0 aromatic rings. The number of methoxy groups -OCH3 is 1. The summed E-state index contributed by atoms with van der Waals surface area (Å²) in [6.07, 6.45) is 1.44. The molecule has 1 amide bonds. The van der Waals surface area contributed by atoms with Gasteiger partial charge in [-0.3, -0.25) is 4.79 Å². The van der Waals surface area contributed by atoms with Gasteiger partial charge < -0.3 is 20.7 Å². The van der Waals surface area contributed by atoms with E-state index in [4.69, 9.17) is 17.0 Å². The van der Waals surface area contributed by atoms with E-state index in [-0.39, 0.29) is 5.91 Å². The Morgan fingerprint density at radius 2 is 1.88 bits per heavy atom. The normalized spacial score (nSPS) is 9.62. The van der Waals surface area contributed by atoms with Gasteiger partial charge in [0.15, 0.2) is 5.11 Å². The molecule has 0 bridgehead atoms. The first-order chi connectivity index (χ1) is 7.70. The van der Waals surface area contributed by atoms with Crippen LogP contribution in [0, 0.1) is 0 Å². The Morgan fingerprint density at radius 1 is 1.19 bits per heavy atom. The van der Waals surface area contributed by atoms with Crippen LogP contribution in [0.4, 0.5) is 0 Å². The summed E-state index contributed by atoms with van der Waals surface area (Å²) in [4.78, 5) is 11.2. The molecule has 94 valence electrons. The van der Waals surface area contributed by atoms with Crippen LogP contribution in [0.15, 0.2) is 0 Å². The second kappa shape index (κ2) is 10.6. The van der Waals surface area contributed by atoms with E-state index in [9.17, 15) is 4.79 Å². The van der Waals surface area contributed by atoms with Crippen molar-refractivity contribution in [2.75, 3.05) is 33.4 Å². The Balaban J connectivity index is 3.36. The van der Waals surface area contributed by atoms with Gasteiger partial charge in [-0.25, -0.2) is 0 Å². The summed E-state index contributed by atoms with van der Waals surface area (Å²) in [6.45, 7) is 4.56. The molecule has 0 aliphatic heterocycles. The monoisotopic (exact) mass is 247 g/mol. The molecule has 6 heteroatoms. The van der Waals surface area contributed by atoms with Crippen molar-refractivity contribution in [3.05, 3.63) is 0 Å². The van der Waals surface area contributed by atoms with Crippen molar-refractivity contribution in [1.29, 1.82) is 0 Å². The van der Waals surface area contributed by atoms with E-state index >= 15 is 0 Å². The van der Waals surface area contributed by atoms with Crippen LogP contribution < -0.4 is 16.0 Å².